The molecule has 0 bridgehead atoms. The Morgan fingerprint density at radius 3 is 2.78 bits per heavy atom. The van der Waals surface area contributed by atoms with Crippen molar-refractivity contribution in [3.05, 3.63) is 16.1 Å². The number of hydrogen-bond acceptors (Lipinski definition) is 4. The van der Waals surface area contributed by atoms with Gasteiger partial charge in [0.1, 0.15) is 0 Å². The van der Waals surface area contributed by atoms with E-state index in [-0.39, 0.29) is 0 Å². The first-order valence-electron chi connectivity index (χ1n) is 6.98. The smallest absolute Gasteiger partial charge is 0.0943 e. The van der Waals surface area contributed by atoms with Crippen LogP contribution < -0.4 is 5.32 Å². The minimum absolute atomic E-state index is 0.493. The third-order valence-corrected chi connectivity index (χ3v) is 3.72. The molecule has 0 aliphatic carbocycles. The molecule has 1 atom stereocenters. The molecule has 0 spiro atoms. The lowest BCUT2D eigenvalue weighted by molar-refractivity contribution is 0.124. The molecule has 0 aliphatic rings. The maximum atomic E-state index is 5.58. The van der Waals surface area contributed by atoms with Crippen molar-refractivity contribution in [3.8, 4) is 0 Å². The van der Waals surface area contributed by atoms with E-state index in [1.54, 1.807) is 11.3 Å². The quantitative estimate of drug-likeness (QED) is 0.663. The van der Waals surface area contributed by atoms with Crippen LogP contribution in [0.25, 0.3) is 0 Å². The lowest BCUT2D eigenvalue weighted by atomic mass is 10.1. The Kier molecular flexibility index (Phi) is 8.22. The van der Waals surface area contributed by atoms with Gasteiger partial charge in [0.15, 0.2) is 0 Å². The molecule has 0 fully saturated rings. The predicted molar refractivity (Wildman–Crippen MR) is 78.4 cm³/mol. The van der Waals surface area contributed by atoms with Gasteiger partial charge in [-0.05, 0) is 32.7 Å². The highest BCUT2D eigenvalue weighted by molar-refractivity contribution is 7.09. The second kappa shape index (κ2) is 9.48. The standard InChI is InChI=1S/C14H26N2OS/c1-4-7-15-13(6-9-17-8-5-2)10-14-16-12(3)11-18-14/h11,13,15H,4-10H2,1-3H3. The molecule has 0 aromatic carbocycles. The number of thiazole rings is 1. The maximum absolute atomic E-state index is 5.58. The first kappa shape index (κ1) is 15.6. The van der Waals surface area contributed by atoms with Crippen LogP contribution in [0.2, 0.25) is 0 Å². The van der Waals surface area contributed by atoms with Gasteiger partial charge in [0.2, 0.25) is 0 Å². The number of ether oxygens (including phenoxy) is 1. The van der Waals surface area contributed by atoms with E-state index in [0.717, 1.165) is 44.7 Å². The minimum atomic E-state index is 0.493. The van der Waals surface area contributed by atoms with Crippen molar-refractivity contribution in [2.45, 2.75) is 52.5 Å². The van der Waals surface area contributed by atoms with Gasteiger partial charge in [-0.3, -0.25) is 0 Å². The molecule has 0 amide bonds. The molecule has 1 heterocycles. The summed E-state index contributed by atoms with van der Waals surface area (Å²) in [4.78, 5) is 4.54. The van der Waals surface area contributed by atoms with Gasteiger partial charge in [0.05, 0.1) is 5.01 Å². The van der Waals surface area contributed by atoms with Gasteiger partial charge in [0, 0.05) is 36.8 Å². The maximum Gasteiger partial charge on any atom is 0.0943 e. The van der Waals surface area contributed by atoms with Gasteiger partial charge >= 0.3 is 0 Å². The summed E-state index contributed by atoms with van der Waals surface area (Å²) in [5.74, 6) is 0. The molecule has 1 N–H and O–H groups in total. The molecule has 1 aromatic rings. The first-order valence-corrected chi connectivity index (χ1v) is 7.86. The summed E-state index contributed by atoms with van der Waals surface area (Å²) in [6.07, 6.45) is 4.36. The summed E-state index contributed by atoms with van der Waals surface area (Å²) < 4.78 is 5.58. The summed E-state index contributed by atoms with van der Waals surface area (Å²) in [6.45, 7) is 9.19. The van der Waals surface area contributed by atoms with Crippen molar-refractivity contribution in [3.63, 3.8) is 0 Å². The number of rotatable bonds is 10. The van der Waals surface area contributed by atoms with E-state index in [2.05, 4.69) is 36.5 Å². The monoisotopic (exact) mass is 270 g/mol. The Morgan fingerprint density at radius 2 is 2.17 bits per heavy atom. The molecular weight excluding hydrogens is 244 g/mol. The molecule has 0 saturated heterocycles. The van der Waals surface area contributed by atoms with Crippen molar-refractivity contribution in [2.75, 3.05) is 19.8 Å². The first-order chi connectivity index (χ1) is 8.76. The fraction of sp³-hybridized carbons (Fsp3) is 0.786. The Bertz CT molecular complexity index is 314. The van der Waals surface area contributed by atoms with Crippen LogP contribution in [0, 0.1) is 6.92 Å². The van der Waals surface area contributed by atoms with Crippen molar-refractivity contribution in [1.82, 2.24) is 10.3 Å². The fourth-order valence-corrected chi connectivity index (χ4v) is 2.66. The van der Waals surface area contributed by atoms with Gasteiger partial charge in [0.25, 0.3) is 0 Å². The fourth-order valence-electron chi connectivity index (χ4n) is 1.80. The minimum Gasteiger partial charge on any atom is -0.381 e. The topological polar surface area (TPSA) is 34.1 Å². The van der Waals surface area contributed by atoms with Gasteiger partial charge in [-0.15, -0.1) is 11.3 Å². The molecule has 3 nitrogen and oxygen atoms in total. The van der Waals surface area contributed by atoms with Gasteiger partial charge in [-0.25, -0.2) is 4.98 Å². The molecule has 4 heteroatoms. The SMILES string of the molecule is CCCNC(CCOCCC)Cc1nc(C)cs1. The number of hydrogen-bond donors (Lipinski definition) is 1. The molecule has 1 aromatic heterocycles. The summed E-state index contributed by atoms with van der Waals surface area (Å²) in [7, 11) is 0. The van der Waals surface area contributed by atoms with Crippen LogP contribution >= 0.6 is 11.3 Å². The van der Waals surface area contributed by atoms with E-state index in [4.69, 9.17) is 4.74 Å². The zero-order valence-corrected chi connectivity index (χ0v) is 12.7. The van der Waals surface area contributed by atoms with E-state index in [0.29, 0.717) is 6.04 Å². The Morgan fingerprint density at radius 1 is 1.33 bits per heavy atom. The van der Waals surface area contributed by atoms with Crippen LogP contribution in [-0.4, -0.2) is 30.8 Å². The highest BCUT2D eigenvalue weighted by atomic mass is 32.1. The lowest BCUT2D eigenvalue weighted by Gasteiger charge is -2.17. The van der Waals surface area contributed by atoms with Crippen molar-refractivity contribution in [2.24, 2.45) is 0 Å². The van der Waals surface area contributed by atoms with Crippen LogP contribution in [0.5, 0.6) is 0 Å². The van der Waals surface area contributed by atoms with Gasteiger partial charge in [-0.2, -0.15) is 0 Å². The summed E-state index contributed by atoms with van der Waals surface area (Å²) >= 11 is 1.76. The average molecular weight is 270 g/mol. The van der Waals surface area contributed by atoms with Crippen LogP contribution in [0.4, 0.5) is 0 Å². The van der Waals surface area contributed by atoms with Crippen LogP contribution in [0.15, 0.2) is 5.38 Å². The molecule has 104 valence electrons. The van der Waals surface area contributed by atoms with Gasteiger partial charge < -0.3 is 10.1 Å². The third kappa shape index (κ3) is 6.47. The van der Waals surface area contributed by atoms with Crippen molar-refractivity contribution in [1.29, 1.82) is 0 Å². The number of aryl methyl sites for hydroxylation is 1. The Hall–Kier alpha value is -0.450. The Labute approximate surface area is 115 Å². The normalized spacial score (nSPS) is 12.8. The number of nitrogens with zero attached hydrogens (tertiary/aromatic N) is 1. The number of nitrogens with one attached hydrogen (secondary N) is 1. The zero-order chi connectivity index (χ0) is 13.2. The Balaban J connectivity index is 2.34. The highest BCUT2D eigenvalue weighted by Crippen LogP contribution is 2.12. The summed E-state index contributed by atoms with van der Waals surface area (Å²) in [5, 5.41) is 6.95. The van der Waals surface area contributed by atoms with Crippen LogP contribution in [0.3, 0.4) is 0 Å². The lowest BCUT2D eigenvalue weighted by Crippen LogP contribution is -2.33. The number of aromatic nitrogens is 1. The van der Waals surface area contributed by atoms with Gasteiger partial charge in [-0.1, -0.05) is 13.8 Å². The zero-order valence-electron chi connectivity index (χ0n) is 11.9. The summed E-state index contributed by atoms with van der Waals surface area (Å²) in [6, 6.07) is 0.493. The average Bonchev–Trinajstić information content (AvgIpc) is 2.77. The van der Waals surface area contributed by atoms with E-state index in [9.17, 15) is 0 Å². The van der Waals surface area contributed by atoms with E-state index in [1.165, 1.54) is 11.4 Å². The largest absolute Gasteiger partial charge is 0.381 e. The highest BCUT2D eigenvalue weighted by Gasteiger charge is 2.11. The van der Waals surface area contributed by atoms with Crippen molar-refractivity contribution >= 4 is 11.3 Å². The molecule has 1 rings (SSSR count). The second-order valence-corrected chi connectivity index (χ2v) is 5.58. The molecule has 1 unspecified atom stereocenters. The third-order valence-electron chi connectivity index (χ3n) is 2.73. The van der Waals surface area contributed by atoms with E-state index >= 15 is 0 Å². The molecule has 0 radical (unpaired) electrons. The summed E-state index contributed by atoms with van der Waals surface area (Å²) in [5.41, 5.74) is 1.13. The molecule has 18 heavy (non-hydrogen) atoms. The molecule has 0 saturated carbocycles. The molecular formula is C14H26N2OS. The van der Waals surface area contributed by atoms with E-state index < -0.39 is 0 Å². The van der Waals surface area contributed by atoms with Crippen LogP contribution in [-0.2, 0) is 11.2 Å². The van der Waals surface area contributed by atoms with E-state index in [1.807, 2.05) is 0 Å². The second-order valence-electron chi connectivity index (χ2n) is 4.64. The predicted octanol–water partition coefficient (Wildman–Crippen LogP) is 3.18. The van der Waals surface area contributed by atoms with Crippen LogP contribution in [0.1, 0.15) is 43.8 Å². The van der Waals surface area contributed by atoms with Crippen molar-refractivity contribution < 1.29 is 4.74 Å². The molecule has 0 aliphatic heterocycles.